The van der Waals surface area contributed by atoms with Crippen molar-refractivity contribution in [3.05, 3.63) is 35.4 Å². The van der Waals surface area contributed by atoms with Crippen LogP contribution < -0.4 is 0 Å². The molecule has 6 atom stereocenters. The normalized spacial score (nSPS) is 27.8. The summed E-state index contributed by atoms with van der Waals surface area (Å²) in [5.41, 5.74) is -1.36. The Balaban J connectivity index is 1.98. The summed E-state index contributed by atoms with van der Waals surface area (Å²) in [6.07, 6.45) is -12.0. The van der Waals surface area contributed by atoms with Crippen LogP contribution in [0.3, 0.4) is 0 Å². The lowest BCUT2D eigenvalue weighted by molar-refractivity contribution is -0.327. The Kier molecular flexibility index (Phi) is 6.32. The first kappa shape index (κ1) is 25.0. The molecule has 0 aromatic heterocycles. The minimum atomic E-state index is -3.44. The van der Waals surface area contributed by atoms with Crippen molar-refractivity contribution >= 4 is 11.6 Å². The SMILES string of the molecule is O=C(c1cc(O)c(O)c(O)c1)C(O)[C@H]1O[C@](O)(C(=O)c2cc(O)c(O)c(O)c2)[C@H](O)[C@@H](O)[C@@H]1O. The van der Waals surface area contributed by atoms with Gasteiger partial charge in [-0.3, -0.25) is 9.59 Å². The smallest absolute Gasteiger partial charge is 0.261 e. The first-order valence-corrected chi connectivity index (χ1v) is 9.42. The lowest BCUT2D eigenvalue weighted by Crippen LogP contribution is -2.70. The minimum absolute atomic E-state index is 0.571. The van der Waals surface area contributed by atoms with Crippen molar-refractivity contribution in [2.24, 2.45) is 0 Å². The van der Waals surface area contributed by atoms with Crippen molar-refractivity contribution in [3.63, 3.8) is 0 Å². The second-order valence-electron chi connectivity index (χ2n) is 7.57. The van der Waals surface area contributed by atoms with E-state index in [1.165, 1.54) is 0 Å². The largest absolute Gasteiger partial charge is 0.504 e. The van der Waals surface area contributed by atoms with E-state index in [0.717, 1.165) is 0 Å². The Bertz CT molecular complexity index is 1100. The molecule has 14 heteroatoms. The first-order valence-electron chi connectivity index (χ1n) is 9.42. The van der Waals surface area contributed by atoms with E-state index < -0.39 is 93.5 Å². The molecule has 1 aliphatic rings. The topological polar surface area (TPSA) is 266 Å². The molecule has 0 saturated carbocycles. The third-order valence-corrected chi connectivity index (χ3v) is 5.32. The third-order valence-electron chi connectivity index (χ3n) is 5.32. The van der Waals surface area contributed by atoms with Gasteiger partial charge in [0.25, 0.3) is 5.79 Å². The molecule has 1 aliphatic heterocycles. The molecule has 0 amide bonds. The van der Waals surface area contributed by atoms with Gasteiger partial charge in [-0.1, -0.05) is 0 Å². The zero-order valence-electron chi connectivity index (χ0n) is 16.8. The van der Waals surface area contributed by atoms with Gasteiger partial charge in [0.2, 0.25) is 5.78 Å². The second kappa shape index (κ2) is 8.60. The summed E-state index contributed by atoms with van der Waals surface area (Å²) in [5.74, 6) is -12.3. The number of hydrogen-bond donors (Lipinski definition) is 11. The molecule has 2 aromatic carbocycles. The van der Waals surface area contributed by atoms with Crippen LogP contribution in [0, 0.1) is 0 Å². The van der Waals surface area contributed by atoms with Crippen LogP contribution in [0.1, 0.15) is 20.7 Å². The molecule has 1 fully saturated rings. The van der Waals surface area contributed by atoms with E-state index in [1.807, 2.05) is 0 Å². The molecule has 11 N–H and O–H groups in total. The number of carbonyl (C=O) groups excluding carboxylic acids is 2. The van der Waals surface area contributed by atoms with E-state index in [9.17, 15) is 65.8 Å². The van der Waals surface area contributed by atoms with Crippen LogP contribution >= 0.6 is 0 Å². The minimum Gasteiger partial charge on any atom is -0.504 e. The van der Waals surface area contributed by atoms with Gasteiger partial charge in [0.1, 0.15) is 30.5 Å². The van der Waals surface area contributed by atoms with Gasteiger partial charge in [-0.2, -0.15) is 0 Å². The van der Waals surface area contributed by atoms with Crippen LogP contribution in [0.4, 0.5) is 0 Å². The van der Waals surface area contributed by atoms with Crippen molar-refractivity contribution in [2.75, 3.05) is 0 Å². The van der Waals surface area contributed by atoms with E-state index in [0.29, 0.717) is 24.3 Å². The van der Waals surface area contributed by atoms with Crippen molar-refractivity contribution in [1.29, 1.82) is 0 Å². The molecule has 0 aliphatic carbocycles. The number of hydrogen-bond acceptors (Lipinski definition) is 14. The van der Waals surface area contributed by atoms with Gasteiger partial charge in [-0.25, -0.2) is 0 Å². The van der Waals surface area contributed by atoms with Crippen LogP contribution in [-0.2, 0) is 4.74 Å². The maximum atomic E-state index is 12.8. The highest BCUT2D eigenvalue weighted by atomic mass is 16.7. The summed E-state index contributed by atoms with van der Waals surface area (Å²) in [5, 5.41) is 109. The number of Topliss-reactive ketones (excluding diaryl/α,β-unsaturated/α-hetero) is 2. The Morgan fingerprint density at radius 3 is 1.62 bits per heavy atom. The fraction of sp³-hybridized carbons (Fsp3) is 0.300. The van der Waals surface area contributed by atoms with Crippen molar-refractivity contribution in [2.45, 2.75) is 36.3 Å². The Morgan fingerprint density at radius 1 is 0.765 bits per heavy atom. The maximum absolute atomic E-state index is 12.8. The van der Waals surface area contributed by atoms with Crippen molar-refractivity contribution in [3.8, 4) is 34.5 Å². The van der Waals surface area contributed by atoms with E-state index in [1.54, 1.807) is 0 Å². The van der Waals surface area contributed by atoms with Gasteiger partial charge in [-0.05, 0) is 24.3 Å². The summed E-state index contributed by atoms with van der Waals surface area (Å²) < 4.78 is 4.96. The standard InChI is InChI=1S/C20H20O14/c21-7-1-5(2-8(22)12(7)26)11(25)14(28)17-15(29)16(30)19(32)20(33,34-17)18(31)6-3-9(23)13(27)10(24)4-6/h1-4,14-17,19,21-24,26-30,32-33H/t14?,15-,16-,17+,19+,20+/m0/s1. The second-order valence-corrected chi connectivity index (χ2v) is 7.57. The summed E-state index contributed by atoms with van der Waals surface area (Å²) >= 11 is 0. The number of aliphatic hydroxyl groups excluding tert-OH is 4. The molecule has 184 valence electrons. The molecular weight excluding hydrogens is 464 g/mol. The maximum Gasteiger partial charge on any atom is 0.261 e. The van der Waals surface area contributed by atoms with Crippen LogP contribution in [0.5, 0.6) is 34.5 Å². The summed E-state index contributed by atoms with van der Waals surface area (Å²) in [6.45, 7) is 0. The van der Waals surface area contributed by atoms with Gasteiger partial charge in [0.05, 0.1) is 0 Å². The molecule has 0 radical (unpaired) electrons. The lowest BCUT2D eigenvalue weighted by Gasteiger charge is -2.45. The fourth-order valence-corrected chi connectivity index (χ4v) is 3.41. The number of benzene rings is 2. The number of aliphatic hydroxyl groups is 5. The predicted octanol–water partition coefficient (Wildman–Crippen LogP) is -2.48. The molecule has 0 spiro atoms. The average molecular weight is 484 g/mol. The molecule has 1 unspecified atom stereocenters. The highest BCUT2D eigenvalue weighted by Crippen LogP contribution is 2.40. The first-order chi connectivity index (χ1) is 15.7. The van der Waals surface area contributed by atoms with Crippen LogP contribution in [0.2, 0.25) is 0 Å². The van der Waals surface area contributed by atoms with E-state index in [2.05, 4.69) is 0 Å². The summed E-state index contributed by atoms with van der Waals surface area (Å²) in [4.78, 5) is 25.5. The van der Waals surface area contributed by atoms with E-state index >= 15 is 0 Å². The van der Waals surface area contributed by atoms with Crippen LogP contribution in [-0.4, -0.2) is 104 Å². The zero-order chi connectivity index (χ0) is 25.7. The van der Waals surface area contributed by atoms with Gasteiger partial charge < -0.3 is 60.9 Å². The van der Waals surface area contributed by atoms with E-state index in [4.69, 9.17) is 4.74 Å². The van der Waals surface area contributed by atoms with Gasteiger partial charge in [-0.15, -0.1) is 0 Å². The molecule has 1 heterocycles. The Morgan fingerprint density at radius 2 is 1.18 bits per heavy atom. The fourth-order valence-electron chi connectivity index (χ4n) is 3.41. The van der Waals surface area contributed by atoms with Crippen LogP contribution in [0.25, 0.3) is 0 Å². The number of phenols is 6. The number of rotatable bonds is 5. The van der Waals surface area contributed by atoms with E-state index in [-0.39, 0.29) is 0 Å². The van der Waals surface area contributed by atoms with Crippen LogP contribution in [0.15, 0.2) is 24.3 Å². The molecular formula is C20H20O14. The summed E-state index contributed by atoms with van der Waals surface area (Å²) in [6, 6.07) is 2.42. The predicted molar refractivity (Wildman–Crippen MR) is 105 cm³/mol. The molecule has 1 saturated heterocycles. The third kappa shape index (κ3) is 3.94. The molecule has 2 aromatic rings. The molecule has 0 bridgehead atoms. The lowest BCUT2D eigenvalue weighted by atomic mass is 9.85. The molecule has 3 rings (SSSR count). The summed E-state index contributed by atoms with van der Waals surface area (Å²) in [7, 11) is 0. The number of aromatic hydroxyl groups is 6. The quantitative estimate of drug-likeness (QED) is 0.155. The Labute approximate surface area is 189 Å². The Hall–Kier alpha value is -3.66. The number of ketones is 2. The number of phenolic OH excluding ortho intramolecular Hbond substituents is 6. The van der Waals surface area contributed by atoms with Gasteiger partial charge in [0.15, 0.2) is 40.3 Å². The van der Waals surface area contributed by atoms with Crippen molar-refractivity contribution < 1.29 is 70.5 Å². The van der Waals surface area contributed by atoms with Gasteiger partial charge in [0, 0.05) is 11.1 Å². The highest BCUT2D eigenvalue weighted by Gasteiger charge is 2.59. The molecule has 34 heavy (non-hydrogen) atoms. The average Bonchev–Trinajstić information content (AvgIpc) is 2.79. The van der Waals surface area contributed by atoms with Gasteiger partial charge >= 0.3 is 0 Å². The zero-order valence-corrected chi connectivity index (χ0v) is 16.8. The van der Waals surface area contributed by atoms with Crippen molar-refractivity contribution in [1.82, 2.24) is 0 Å². The number of carbonyl (C=O) groups is 2. The highest BCUT2D eigenvalue weighted by molar-refractivity contribution is 6.03. The number of ether oxygens (including phenoxy) is 1. The molecule has 14 nitrogen and oxygen atoms in total. The monoisotopic (exact) mass is 484 g/mol.